The van der Waals surface area contributed by atoms with Crippen molar-refractivity contribution in [2.75, 3.05) is 11.5 Å². The number of pyridine rings is 1. The summed E-state index contributed by atoms with van der Waals surface area (Å²) in [6.07, 6.45) is 5.87. The molecule has 1 fully saturated rings. The molecule has 0 radical (unpaired) electrons. The summed E-state index contributed by atoms with van der Waals surface area (Å²) in [5.74, 6) is 0.701. The van der Waals surface area contributed by atoms with Crippen molar-refractivity contribution in [3.05, 3.63) is 41.4 Å². The molecule has 4 atom stereocenters. The van der Waals surface area contributed by atoms with Gasteiger partial charge in [0.05, 0.1) is 22.6 Å². The summed E-state index contributed by atoms with van der Waals surface area (Å²) >= 11 is 5.92. The number of halogens is 1. The van der Waals surface area contributed by atoms with Crippen LogP contribution in [-0.4, -0.2) is 41.4 Å². The Kier molecular flexibility index (Phi) is 5.57. The van der Waals surface area contributed by atoms with Crippen LogP contribution < -0.4 is 11.5 Å². The van der Waals surface area contributed by atoms with Crippen molar-refractivity contribution in [3.8, 4) is 0 Å². The first-order valence-electron chi connectivity index (χ1n) is 10.2. The molecule has 3 heterocycles. The number of rotatable bonds is 6. The van der Waals surface area contributed by atoms with Gasteiger partial charge in [-0.25, -0.2) is 15.0 Å². The van der Waals surface area contributed by atoms with Gasteiger partial charge in [0, 0.05) is 11.9 Å². The molecule has 0 bridgehead atoms. The molecular weight excluding hydrogens is 404 g/mol. The average Bonchev–Trinajstić information content (AvgIpc) is 3.24. The molecule has 3 aromatic rings. The van der Waals surface area contributed by atoms with E-state index in [-0.39, 0.29) is 12.0 Å². The third-order valence-corrected chi connectivity index (χ3v) is 6.61. The Bertz CT molecular complexity index is 1060. The molecule has 1 saturated carbocycles. The van der Waals surface area contributed by atoms with Crippen molar-refractivity contribution >= 4 is 34.3 Å². The Labute approximate surface area is 179 Å². The number of aliphatic hydroxyl groups is 2. The van der Waals surface area contributed by atoms with Crippen LogP contribution in [0.3, 0.4) is 0 Å². The number of nitrogens with zero attached hydrogens (tertiary/aromatic N) is 4. The third-order valence-electron chi connectivity index (χ3n) is 6.29. The van der Waals surface area contributed by atoms with Gasteiger partial charge in [0.25, 0.3) is 0 Å². The van der Waals surface area contributed by atoms with Crippen molar-refractivity contribution in [3.63, 3.8) is 0 Å². The summed E-state index contributed by atoms with van der Waals surface area (Å²) in [4.78, 5) is 12.7. The number of hydrogen-bond donors (Lipinski definition) is 4. The second-order valence-electron chi connectivity index (χ2n) is 8.26. The van der Waals surface area contributed by atoms with Crippen LogP contribution in [0.5, 0.6) is 0 Å². The molecule has 0 amide bonds. The Morgan fingerprint density at radius 2 is 2.00 bits per heavy atom. The highest BCUT2D eigenvalue weighted by molar-refractivity contribution is 6.32. The quantitative estimate of drug-likeness (QED) is 0.441. The molecule has 160 valence electrons. The Hall–Kier alpha value is -2.42. The van der Waals surface area contributed by atoms with Gasteiger partial charge in [0.15, 0.2) is 0 Å². The second kappa shape index (κ2) is 8.02. The van der Waals surface area contributed by atoms with Crippen LogP contribution in [0.4, 0.5) is 11.6 Å². The topological polar surface area (TPSA) is 136 Å². The van der Waals surface area contributed by atoms with Gasteiger partial charge in [-0.05, 0) is 49.8 Å². The fourth-order valence-corrected chi connectivity index (χ4v) is 4.74. The minimum atomic E-state index is -1.25. The lowest BCUT2D eigenvalue weighted by Gasteiger charge is -2.34. The molecule has 0 spiro atoms. The van der Waals surface area contributed by atoms with E-state index in [4.69, 9.17) is 23.1 Å². The Morgan fingerprint density at radius 1 is 1.20 bits per heavy atom. The van der Waals surface area contributed by atoms with Crippen LogP contribution in [0, 0.1) is 5.92 Å². The fraction of sp³-hybridized carbons (Fsp3) is 0.476. The number of fused-ring (bicyclic) bond motifs is 1. The normalized spacial score (nSPS) is 26.5. The summed E-state index contributed by atoms with van der Waals surface area (Å²) in [7, 11) is 0. The van der Waals surface area contributed by atoms with Gasteiger partial charge in [-0.15, -0.1) is 0 Å². The Balaban J connectivity index is 1.50. The van der Waals surface area contributed by atoms with Gasteiger partial charge in [-0.1, -0.05) is 24.9 Å². The standard InChI is InChI=1S/C21H27ClN6O2/c1-12-10-16(28-9-7-14-18(23)25-11-26-20(14)28)21(30,17(12)29)8-3-2-4-13-5-6-15(22)19(24)27-13/h5-7,9,11-12,16-17,29-30H,2-4,8,10H2,1H3,(H2,24,27)(H2,23,25,26). The molecule has 0 aliphatic heterocycles. The van der Waals surface area contributed by atoms with E-state index in [9.17, 15) is 10.2 Å². The van der Waals surface area contributed by atoms with Crippen LogP contribution in [-0.2, 0) is 6.42 Å². The van der Waals surface area contributed by atoms with E-state index in [0.29, 0.717) is 35.1 Å². The van der Waals surface area contributed by atoms with Gasteiger partial charge >= 0.3 is 0 Å². The number of nitrogen functional groups attached to an aromatic ring is 2. The number of unbranched alkanes of at least 4 members (excludes halogenated alkanes) is 1. The maximum absolute atomic E-state index is 11.6. The monoisotopic (exact) mass is 430 g/mol. The Morgan fingerprint density at radius 3 is 2.77 bits per heavy atom. The maximum atomic E-state index is 11.6. The molecule has 1 aliphatic rings. The molecule has 9 heteroatoms. The zero-order valence-corrected chi connectivity index (χ0v) is 17.6. The zero-order chi connectivity index (χ0) is 21.5. The predicted molar refractivity (Wildman–Crippen MR) is 117 cm³/mol. The first-order valence-corrected chi connectivity index (χ1v) is 10.6. The van der Waals surface area contributed by atoms with Gasteiger partial charge < -0.3 is 26.2 Å². The van der Waals surface area contributed by atoms with E-state index in [2.05, 4.69) is 15.0 Å². The molecule has 1 aliphatic carbocycles. The van der Waals surface area contributed by atoms with E-state index >= 15 is 0 Å². The number of aromatic nitrogens is 4. The number of aryl methyl sites for hydroxylation is 1. The molecule has 4 unspecified atom stereocenters. The lowest BCUT2D eigenvalue weighted by atomic mass is 9.87. The van der Waals surface area contributed by atoms with Crippen LogP contribution in [0.25, 0.3) is 11.0 Å². The highest BCUT2D eigenvalue weighted by Crippen LogP contribution is 2.47. The van der Waals surface area contributed by atoms with E-state index in [1.54, 1.807) is 6.07 Å². The lowest BCUT2D eigenvalue weighted by Crippen LogP contribution is -2.45. The number of anilines is 2. The fourth-order valence-electron chi connectivity index (χ4n) is 4.64. The van der Waals surface area contributed by atoms with Crippen molar-refractivity contribution in [1.29, 1.82) is 0 Å². The van der Waals surface area contributed by atoms with Crippen molar-refractivity contribution < 1.29 is 10.2 Å². The van der Waals surface area contributed by atoms with Gasteiger partial charge in [0.2, 0.25) is 0 Å². The highest BCUT2D eigenvalue weighted by atomic mass is 35.5. The molecule has 4 rings (SSSR count). The number of aliphatic hydroxyl groups excluding tert-OH is 1. The summed E-state index contributed by atoms with van der Waals surface area (Å²) in [6, 6.07) is 5.17. The molecular formula is C21H27ClN6O2. The van der Waals surface area contributed by atoms with Crippen molar-refractivity contribution in [2.24, 2.45) is 5.92 Å². The van der Waals surface area contributed by atoms with Crippen LogP contribution in [0.2, 0.25) is 5.02 Å². The molecule has 8 nitrogen and oxygen atoms in total. The minimum absolute atomic E-state index is 0.0330. The molecule has 30 heavy (non-hydrogen) atoms. The third kappa shape index (κ3) is 3.59. The van der Waals surface area contributed by atoms with E-state index < -0.39 is 11.7 Å². The van der Waals surface area contributed by atoms with E-state index in [1.165, 1.54) is 6.33 Å². The van der Waals surface area contributed by atoms with Crippen molar-refractivity contribution in [1.82, 2.24) is 19.5 Å². The largest absolute Gasteiger partial charge is 0.390 e. The molecule has 0 aromatic carbocycles. The highest BCUT2D eigenvalue weighted by Gasteiger charge is 2.52. The first-order chi connectivity index (χ1) is 14.3. The lowest BCUT2D eigenvalue weighted by molar-refractivity contribution is -0.0913. The smallest absolute Gasteiger partial charge is 0.145 e. The summed E-state index contributed by atoms with van der Waals surface area (Å²) in [5.41, 5.74) is 12.0. The molecule has 0 saturated heterocycles. The molecule has 3 aromatic heterocycles. The van der Waals surface area contributed by atoms with Crippen LogP contribution in [0.1, 0.15) is 44.3 Å². The zero-order valence-electron chi connectivity index (χ0n) is 16.9. The second-order valence-corrected chi connectivity index (χ2v) is 8.67. The number of hydrogen-bond acceptors (Lipinski definition) is 7. The SMILES string of the molecule is CC1CC(n2ccc3c(N)ncnc32)C(O)(CCCCc2ccc(Cl)c(N)n2)C1O. The van der Waals surface area contributed by atoms with Gasteiger partial charge in [-0.2, -0.15) is 0 Å². The van der Waals surface area contributed by atoms with E-state index in [1.807, 2.05) is 29.8 Å². The van der Waals surface area contributed by atoms with Gasteiger partial charge in [-0.3, -0.25) is 0 Å². The average molecular weight is 431 g/mol. The van der Waals surface area contributed by atoms with Gasteiger partial charge in [0.1, 0.15) is 29.2 Å². The summed E-state index contributed by atoms with van der Waals surface area (Å²) < 4.78 is 1.93. The summed E-state index contributed by atoms with van der Waals surface area (Å²) in [6.45, 7) is 1.96. The van der Waals surface area contributed by atoms with E-state index in [0.717, 1.165) is 30.3 Å². The van der Waals surface area contributed by atoms with Crippen LogP contribution in [0.15, 0.2) is 30.7 Å². The first kappa shape index (κ1) is 20.8. The minimum Gasteiger partial charge on any atom is -0.390 e. The predicted octanol–water partition coefficient (Wildman–Crippen LogP) is 2.73. The summed E-state index contributed by atoms with van der Waals surface area (Å²) in [5, 5.41) is 23.6. The molecule has 6 N–H and O–H groups in total. The van der Waals surface area contributed by atoms with Crippen molar-refractivity contribution in [2.45, 2.75) is 56.8 Å². The maximum Gasteiger partial charge on any atom is 0.145 e. The number of nitrogens with two attached hydrogens (primary N) is 2. The van der Waals surface area contributed by atoms with Crippen LogP contribution >= 0.6 is 11.6 Å².